The molecule has 0 fully saturated rings. The predicted octanol–water partition coefficient (Wildman–Crippen LogP) is 4.28. The summed E-state index contributed by atoms with van der Waals surface area (Å²) in [6.07, 6.45) is 0.997. The van der Waals surface area contributed by atoms with Crippen LogP contribution in [0, 0.1) is 5.82 Å². The van der Waals surface area contributed by atoms with Gasteiger partial charge in [-0.3, -0.25) is 4.79 Å². The van der Waals surface area contributed by atoms with Crippen LogP contribution >= 0.6 is 0 Å². The summed E-state index contributed by atoms with van der Waals surface area (Å²) in [6, 6.07) is 14.7. The lowest BCUT2D eigenvalue weighted by Crippen LogP contribution is -2.25. The van der Waals surface area contributed by atoms with Gasteiger partial charge in [0.25, 0.3) is 0 Å². The summed E-state index contributed by atoms with van der Waals surface area (Å²) in [5, 5.41) is 6.19. The fraction of sp³-hybridized carbons (Fsp3) is 0.381. The van der Waals surface area contributed by atoms with Crippen LogP contribution in [0.1, 0.15) is 38.3 Å². The highest BCUT2D eigenvalue weighted by molar-refractivity contribution is 5.91. The SMILES string of the molecule is CC(C)(C)c1ccccc1NC(=O)CCNCCc1ccccc1F. The number of carbonyl (C=O) groups excluding carboxylic acids is 1. The molecular formula is C21H27FN2O. The Hall–Kier alpha value is -2.20. The van der Waals surface area contributed by atoms with Crippen molar-refractivity contribution in [1.82, 2.24) is 5.32 Å². The molecular weight excluding hydrogens is 315 g/mol. The second-order valence-electron chi connectivity index (χ2n) is 7.19. The summed E-state index contributed by atoms with van der Waals surface area (Å²) in [5.41, 5.74) is 2.66. The largest absolute Gasteiger partial charge is 0.326 e. The third-order valence-corrected chi connectivity index (χ3v) is 4.07. The first-order valence-electron chi connectivity index (χ1n) is 8.71. The Labute approximate surface area is 149 Å². The third-order valence-electron chi connectivity index (χ3n) is 4.07. The van der Waals surface area contributed by atoms with Gasteiger partial charge in [-0.05, 0) is 41.6 Å². The fourth-order valence-electron chi connectivity index (χ4n) is 2.71. The summed E-state index contributed by atoms with van der Waals surface area (Å²) >= 11 is 0. The molecule has 0 bridgehead atoms. The van der Waals surface area contributed by atoms with Crippen molar-refractivity contribution in [3.8, 4) is 0 Å². The molecule has 25 heavy (non-hydrogen) atoms. The van der Waals surface area contributed by atoms with Crippen molar-refractivity contribution >= 4 is 11.6 Å². The Morgan fingerprint density at radius 3 is 2.40 bits per heavy atom. The average Bonchev–Trinajstić information content (AvgIpc) is 2.55. The van der Waals surface area contributed by atoms with Gasteiger partial charge in [-0.15, -0.1) is 0 Å². The Morgan fingerprint density at radius 1 is 1.00 bits per heavy atom. The Kier molecular flexibility index (Phi) is 6.71. The van der Waals surface area contributed by atoms with E-state index in [1.807, 2.05) is 30.3 Å². The van der Waals surface area contributed by atoms with E-state index in [-0.39, 0.29) is 17.1 Å². The van der Waals surface area contributed by atoms with E-state index in [1.54, 1.807) is 12.1 Å². The Balaban J connectivity index is 1.76. The van der Waals surface area contributed by atoms with Crippen LogP contribution in [0.4, 0.5) is 10.1 Å². The van der Waals surface area contributed by atoms with E-state index in [1.165, 1.54) is 6.07 Å². The number of carbonyl (C=O) groups is 1. The zero-order valence-corrected chi connectivity index (χ0v) is 15.2. The lowest BCUT2D eigenvalue weighted by Gasteiger charge is -2.23. The number of anilines is 1. The Morgan fingerprint density at radius 2 is 1.68 bits per heavy atom. The van der Waals surface area contributed by atoms with E-state index in [2.05, 4.69) is 31.4 Å². The molecule has 134 valence electrons. The molecule has 4 heteroatoms. The molecule has 0 saturated carbocycles. The van der Waals surface area contributed by atoms with E-state index < -0.39 is 0 Å². The van der Waals surface area contributed by atoms with Crippen molar-refractivity contribution in [3.05, 3.63) is 65.5 Å². The normalized spacial score (nSPS) is 11.4. The molecule has 2 aromatic carbocycles. The van der Waals surface area contributed by atoms with Gasteiger partial charge in [0.05, 0.1) is 0 Å². The molecule has 0 saturated heterocycles. The van der Waals surface area contributed by atoms with Gasteiger partial charge in [0, 0.05) is 18.7 Å². The van der Waals surface area contributed by atoms with Crippen molar-refractivity contribution < 1.29 is 9.18 Å². The summed E-state index contributed by atoms with van der Waals surface area (Å²) in [5.74, 6) is -0.198. The van der Waals surface area contributed by atoms with Gasteiger partial charge in [-0.2, -0.15) is 0 Å². The molecule has 0 aliphatic heterocycles. The monoisotopic (exact) mass is 342 g/mol. The number of para-hydroxylation sites is 1. The van der Waals surface area contributed by atoms with Gasteiger partial charge in [-0.25, -0.2) is 4.39 Å². The van der Waals surface area contributed by atoms with Gasteiger partial charge in [0.15, 0.2) is 0 Å². The number of halogens is 1. The summed E-state index contributed by atoms with van der Waals surface area (Å²) < 4.78 is 13.5. The molecule has 0 heterocycles. The second-order valence-corrected chi connectivity index (χ2v) is 7.19. The minimum absolute atomic E-state index is 0.0184. The number of nitrogens with one attached hydrogen (secondary N) is 2. The van der Waals surface area contributed by atoms with Gasteiger partial charge in [0.1, 0.15) is 5.82 Å². The number of benzene rings is 2. The quantitative estimate of drug-likeness (QED) is 0.737. The molecule has 3 nitrogen and oxygen atoms in total. The van der Waals surface area contributed by atoms with Crippen LogP contribution in [0.2, 0.25) is 0 Å². The summed E-state index contributed by atoms with van der Waals surface area (Å²) in [7, 11) is 0. The number of hydrogen-bond acceptors (Lipinski definition) is 2. The van der Waals surface area contributed by atoms with Crippen molar-refractivity contribution in [2.45, 2.75) is 39.0 Å². The lowest BCUT2D eigenvalue weighted by atomic mass is 9.86. The zero-order valence-electron chi connectivity index (χ0n) is 15.2. The average molecular weight is 342 g/mol. The smallest absolute Gasteiger partial charge is 0.225 e. The molecule has 1 amide bonds. The van der Waals surface area contributed by atoms with Crippen molar-refractivity contribution in [2.24, 2.45) is 0 Å². The van der Waals surface area contributed by atoms with Crippen LogP contribution in [0.3, 0.4) is 0 Å². The number of amides is 1. The minimum atomic E-state index is -0.180. The molecule has 2 rings (SSSR count). The molecule has 2 N–H and O–H groups in total. The predicted molar refractivity (Wildman–Crippen MR) is 101 cm³/mol. The van der Waals surface area contributed by atoms with Gasteiger partial charge >= 0.3 is 0 Å². The first kappa shape index (κ1) is 19.1. The molecule has 0 spiro atoms. The maximum absolute atomic E-state index is 13.5. The highest BCUT2D eigenvalue weighted by Gasteiger charge is 2.18. The molecule has 0 aliphatic rings. The molecule has 0 atom stereocenters. The minimum Gasteiger partial charge on any atom is -0.326 e. The van der Waals surface area contributed by atoms with Gasteiger partial charge < -0.3 is 10.6 Å². The standard InChI is InChI=1S/C21H27FN2O/c1-21(2,3)17-9-5-7-11-19(17)24-20(25)13-15-23-14-12-16-8-4-6-10-18(16)22/h4-11,23H,12-15H2,1-3H3,(H,24,25). The summed E-state index contributed by atoms with van der Waals surface area (Å²) in [6.45, 7) is 7.59. The lowest BCUT2D eigenvalue weighted by molar-refractivity contribution is -0.116. The van der Waals surface area contributed by atoms with Crippen molar-refractivity contribution in [1.29, 1.82) is 0 Å². The highest BCUT2D eigenvalue weighted by Crippen LogP contribution is 2.29. The first-order chi connectivity index (χ1) is 11.9. The van der Waals surface area contributed by atoms with Crippen LogP contribution in [0.25, 0.3) is 0 Å². The van der Waals surface area contributed by atoms with Crippen molar-refractivity contribution in [3.63, 3.8) is 0 Å². The maximum Gasteiger partial charge on any atom is 0.225 e. The van der Waals surface area contributed by atoms with Crippen molar-refractivity contribution in [2.75, 3.05) is 18.4 Å². The van der Waals surface area contributed by atoms with Gasteiger partial charge in [0.2, 0.25) is 5.91 Å². The van der Waals surface area contributed by atoms with Crippen LogP contribution in [-0.4, -0.2) is 19.0 Å². The fourth-order valence-corrected chi connectivity index (χ4v) is 2.71. The molecule has 0 unspecified atom stereocenters. The molecule has 0 radical (unpaired) electrons. The van der Waals surface area contributed by atoms with Crippen LogP contribution in [0.5, 0.6) is 0 Å². The third kappa shape index (κ3) is 5.98. The van der Waals surface area contributed by atoms with E-state index in [0.717, 1.165) is 11.3 Å². The molecule has 0 aliphatic carbocycles. The van der Waals surface area contributed by atoms with E-state index >= 15 is 0 Å². The maximum atomic E-state index is 13.5. The summed E-state index contributed by atoms with van der Waals surface area (Å²) in [4.78, 5) is 12.2. The zero-order chi connectivity index (χ0) is 18.3. The number of rotatable bonds is 7. The van der Waals surface area contributed by atoms with Gasteiger partial charge in [-0.1, -0.05) is 57.2 Å². The Bertz CT molecular complexity index is 707. The first-order valence-corrected chi connectivity index (χ1v) is 8.71. The molecule has 2 aromatic rings. The van der Waals surface area contributed by atoms with Crippen LogP contribution < -0.4 is 10.6 Å². The van der Waals surface area contributed by atoms with Crippen LogP contribution in [0.15, 0.2) is 48.5 Å². The van der Waals surface area contributed by atoms with Crippen LogP contribution in [-0.2, 0) is 16.6 Å². The van der Waals surface area contributed by atoms with E-state index in [0.29, 0.717) is 31.5 Å². The topological polar surface area (TPSA) is 41.1 Å². The highest BCUT2D eigenvalue weighted by atomic mass is 19.1. The second kappa shape index (κ2) is 8.77. The molecule has 0 aromatic heterocycles. The number of hydrogen-bond donors (Lipinski definition) is 2. The van der Waals surface area contributed by atoms with E-state index in [4.69, 9.17) is 0 Å². The van der Waals surface area contributed by atoms with E-state index in [9.17, 15) is 9.18 Å².